The fraction of sp³-hybridized carbons (Fsp3) is 0.333. The predicted octanol–water partition coefficient (Wildman–Crippen LogP) is 3.36. The maximum Gasteiger partial charge on any atom is 0.118 e. The molecule has 0 aliphatic heterocycles. The molecular formula is C12H16O. The highest BCUT2D eigenvalue weighted by Crippen LogP contribution is 2.12. The maximum absolute atomic E-state index is 5.07. The molecule has 0 aliphatic carbocycles. The quantitative estimate of drug-likeness (QED) is 0.686. The van der Waals surface area contributed by atoms with Crippen molar-refractivity contribution < 1.29 is 4.74 Å². The lowest BCUT2D eigenvalue weighted by Gasteiger charge is -1.99. The van der Waals surface area contributed by atoms with E-state index < -0.39 is 0 Å². The molecule has 0 aromatic heterocycles. The zero-order chi connectivity index (χ0) is 9.68. The highest BCUT2D eigenvalue weighted by Gasteiger charge is 1.90. The van der Waals surface area contributed by atoms with Crippen LogP contribution in [0.1, 0.15) is 19.4 Å². The lowest BCUT2D eigenvalue weighted by atomic mass is 10.1. The maximum atomic E-state index is 5.07. The summed E-state index contributed by atoms with van der Waals surface area (Å²) in [5.41, 5.74) is 1.22. The van der Waals surface area contributed by atoms with Crippen molar-refractivity contribution in [2.24, 2.45) is 5.92 Å². The first-order valence-corrected chi connectivity index (χ1v) is 4.54. The Bertz CT molecular complexity index is 270. The molecular weight excluding hydrogens is 160 g/mol. The predicted molar refractivity (Wildman–Crippen MR) is 56.9 cm³/mol. The first-order chi connectivity index (χ1) is 6.22. The molecule has 0 heterocycles. The molecule has 0 spiro atoms. The van der Waals surface area contributed by atoms with Crippen LogP contribution in [0.3, 0.4) is 0 Å². The van der Waals surface area contributed by atoms with E-state index in [-0.39, 0.29) is 0 Å². The molecule has 0 atom stereocenters. The SMILES string of the molecule is COc1ccc(/C=C\C(C)C)cc1. The third-order valence-corrected chi connectivity index (χ3v) is 1.79. The number of allylic oxidation sites excluding steroid dienone is 1. The van der Waals surface area contributed by atoms with Crippen molar-refractivity contribution in [1.29, 1.82) is 0 Å². The van der Waals surface area contributed by atoms with Gasteiger partial charge in [-0.2, -0.15) is 0 Å². The molecule has 0 aliphatic rings. The van der Waals surface area contributed by atoms with E-state index in [1.54, 1.807) is 7.11 Å². The van der Waals surface area contributed by atoms with Crippen LogP contribution in [0.4, 0.5) is 0 Å². The Morgan fingerprint density at radius 3 is 2.23 bits per heavy atom. The smallest absolute Gasteiger partial charge is 0.118 e. The number of hydrogen-bond acceptors (Lipinski definition) is 1. The molecule has 1 aromatic carbocycles. The molecule has 13 heavy (non-hydrogen) atoms. The van der Waals surface area contributed by atoms with Gasteiger partial charge >= 0.3 is 0 Å². The summed E-state index contributed by atoms with van der Waals surface area (Å²) in [5, 5.41) is 0. The Labute approximate surface area is 80.0 Å². The van der Waals surface area contributed by atoms with Crippen LogP contribution >= 0.6 is 0 Å². The van der Waals surface area contributed by atoms with Crippen molar-refractivity contribution in [2.45, 2.75) is 13.8 Å². The minimum absolute atomic E-state index is 0.599. The van der Waals surface area contributed by atoms with Crippen molar-refractivity contribution in [1.82, 2.24) is 0 Å². The van der Waals surface area contributed by atoms with E-state index in [2.05, 4.69) is 38.1 Å². The number of hydrogen-bond donors (Lipinski definition) is 0. The van der Waals surface area contributed by atoms with Crippen LogP contribution in [-0.4, -0.2) is 7.11 Å². The summed E-state index contributed by atoms with van der Waals surface area (Å²) in [6, 6.07) is 8.05. The van der Waals surface area contributed by atoms with Gasteiger partial charge in [-0.05, 0) is 23.6 Å². The van der Waals surface area contributed by atoms with Crippen molar-refractivity contribution in [3.8, 4) is 5.75 Å². The third kappa shape index (κ3) is 3.32. The first kappa shape index (κ1) is 9.85. The minimum Gasteiger partial charge on any atom is -0.497 e. The summed E-state index contributed by atoms with van der Waals surface area (Å²) in [5.74, 6) is 1.50. The van der Waals surface area contributed by atoms with E-state index in [1.165, 1.54) is 5.56 Å². The van der Waals surface area contributed by atoms with Crippen LogP contribution in [0, 0.1) is 5.92 Å². The van der Waals surface area contributed by atoms with Crippen LogP contribution < -0.4 is 4.74 Å². The van der Waals surface area contributed by atoms with Gasteiger partial charge in [-0.1, -0.05) is 38.1 Å². The van der Waals surface area contributed by atoms with Gasteiger partial charge in [0.05, 0.1) is 7.11 Å². The normalized spacial score (nSPS) is 11.1. The Balaban J connectivity index is 2.69. The summed E-state index contributed by atoms with van der Waals surface area (Å²) in [6.07, 6.45) is 4.31. The summed E-state index contributed by atoms with van der Waals surface area (Å²) < 4.78 is 5.07. The van der Waals surface area contributed by atoms with E-state index in [1.807, 2.05) is 12.1 Å². The number of benzene rings is 1. The van der Waals surface area contributed by atoms with Crippen LogP contribution in [0.5, 0.6) is 5.75 Å². The van der Waals surface area contributed by atoms with Gasteiger partial charge in [-0.25, -0.2) is 0 Å². The van der Waals surface area contributed by atoms with Gasteiger partial charge in [0.1, 0.15) is 5.75 Å². The number of rotatable bonds is 3. The van der Waals surface area contributed by atoms with Gasteiger partial charge in [-0.15, -0.1) is 0 Å². The van der Waals surface area contributed by atoms with Gasteiger partial charge < -0.3 is 4.74 Å². The fourth-order valence-corrected chi connectivity index (χ4v) is 1.02. The monoisotopic (exact) mass is 176 g/mol. The number of ether oxygens (including phenoxy) is 1. The van der Waals surface area contributed by atoms with E-state index in [0.717, 1.165) is 5.75 Å². The highest BCUT2D eigenvalue weighted by molar-refractivity contribution is 5.50. The molecule has 0 unspecified atom stereocenters. The highest BCUT2D eigenvalue weighted by atomic mass is 16.5. The van der Waals surface area contributed by atoms with Crippen molar-refractivity contribution in [3.63, 3.8) is 0 Å². The Morgan fingerprint density at radius 2 is 1.77 bits per heavy atom. The molecule has 1 nitrogen and oxygen atoms in total. The Hall–Kier alpha value is -1.24. The van der Waals surface area contributed by atoms with E-state index in [4.69, 9.17) is 4.74 Å². The van der Waals surface area contributed by atoms with Crippen LogP contribution in [-0.2, 0) is 0 Å². The van der Waals surface area contributed by atoms with Crippen molar-refractivity contribution >= 4 is 6.08 Å². The summed E-state index contributed by atoms with van der Waals surface area (Å²) in [7, 11) is 1.68. The fourth-order valence-electron chi connectivity index (χ4n) is 1.02. The largest absolute Gasteiger partial charge is 0.497 e. The minimum atomic E-state index is 0.599. The third-order valence-electron chi connectivity index (χ3n) is 1.79. The van der Waals surface area contributed by atoms with E-state index >= 15 is 0 Å². The molecule has 1 aromatic rings. The lowest BCUT2D eigenvalue weighted by molar-refractivity contribution is 0.415. The molecule has 0 bridgehead atoms. The Kier molecular flexibility index (Phi) is 3.56. The van der Waals surface area contributed by atoms with E-state index in [9.17, 15) is 0 Å². The van der Waals surface area contributed by atoms with Gasteiger partial charge in [0.15, 0.2) is 0 Å². The Morgan fingerprint density at radius 1 is 1.15 bits per heavy atom. The molecule has 0 saturated carbocycles. The average molecular weight is 176 g/mol. The average Bonchev–Trinajstić information content (AvgIpc) is 2.15. The molecule has 0 radical (unpaired) electrons. The van der Waals surface area contributed by atoms with Crippen LogP contribution in [0.2, 0.25) is 0 Å². The van der Waals surface area contributed by atoms with Crippen molar-refractivity contribution in [2.75, 3.05) is 7.11 Å². The first-order valence-electron chi connectivity index (χ1n) is 4.54. The topological polar surface area (TPSA) is 9.23 Å². The molecule has 1 rings (SSSR count). The standard InChI is InChI=1S/C12H16O/c1-10(2)4-5-11-6-8-12(13-3)9-7-11/h4-10H,1-3H3/b5-4-. The molecule has 0 saturated heterocycles. The second kappa shape index (κ2) is 4.70. The van der Waals surface area contributed by atoms with Gasteiger partial charge in [0.25, 0.3) is 0 Å². The zero-order valence-electron chi connectivity index (χ0n) is 8.45. The number of methoxy groups -OCH3 is 1. The molecule has 0 fully saturated rings. The second-order valence-corrected chi connectivity index (χ2v) is 3.38. The summed E-state index contributed by atoms with van der Waals surface area (Å²) in [4.78, 5) is 0. The van der Waals surface area contributed by atoms with Gasteiger partial charge in [0.2, 0.25) is 0 Å². The second-order valence-electron chi connectivity index (χ2n) is 3.38. The van der Waals surface area contributed by atoms with Gasteiger partial charge in [0, 0.05) is 0 Å². The van der Waals surface area contributed by atoms with Gasteiger partial charge in [-0.3, -0.25) is 0 Å². The molecule has 1 heteroatoms. The summed E-state index contributed by atoms with van der Waals surface area (Å²) in [6.45, 7) is 4.33. The summed E-state index contributed by atoms with van der Waals surface area (Å²) >= 11 is 0. The van der Waals surface area contributed by atoms with E-state index in [0.29, 0.717) is 5.92 Å². The van der Waals surface area contributed by atoms with Crippen molar-refractivity contribution in [3.05, 3.63) is 35.9 Å². The van der Waals surface area contributed by atoms with Crippen LogP contribution in [0.15, 0.2) is 30.3 Å². The molecule has 0 amide bonds. The van der Waals surface area contributed by atoms with Crippen LogP contribution in [0.25, 0.3) is 6.08 Å². The molecule has 70 valence electrons. The lowest BCUT2D eigenvalue weighted by Crippen LogP contribution is -1.82. The zero-order valence-corrected chi connectivity index (χ0v) is 8.45. The molecule has 0 N–H and O–H groups in total.